The van der Waals surface area contributed by atoms with E-state index in [1.165, 1.54) is 0 Å². The first-order valence-corrected chi connectivity index (χ1v) is 9.27. The number of ether oxygens (including phenoxy) is 1. The molecule has 0 aliphatic carbocycles. The summed E-state index contributed by atoms with van der Waals surface area (Å²) in [4.78, 5) is 19.3. The van der Waals surface area contributed by atoms with Crippen molar-refractivity contribution in [2.45, 2.75) is 12.1 Å². The number of morpholine rings is 1. The van der Waals surface area contributed by atoms with Crippen molar-refractivity contribution in [3.8, 4) is 0 Å². The quantitative estimate of drug-likeness (QED) is 0.690. The van der Waals surface area contributed by atoms with Crippen LogP contribution in [0.4, 0.5) is 0 Å². The number of aromatic nitrogens is 1. The summed E-state index contributed by atoms with van der Waals surface area (Å²) >= 11 is 1.57. The lowest BCUT2D eigenvalue weighted by atomic mass is 9.97. The normalized spacial score (nSPS) is 18.3. The molecule has 4 rings (SSSR count). The van der Waals surface area contributed by atoms with Gasteiger partial charge in [-0.15, -0.1) is 11.3 Å². The summed E-state index contributed by atoms with van der Waals surface area (Å²) < 4.78 is 5.43. The van der Waals surface area contributed by atoms with Crippen LogP contribution in [0.15, 0.2) is 48.0 Å². The van der Waals surface area contributed by atoms with Crippen molar-refractivity contribution < 1.29 is 14.6 Å². The highest BCUT2D eigenvalue weighted by Gasteiger charge is 2.35. The zero-order valence-electron chi connectivity index (χ0n) is 13.7. The number of fused-ring (bicyclic) bond motifs is 1. The van der Waals surface area contributed by atoms with E-state index in [2.05, 4.69) is 9.88 Å². The first-order valence-electron chi connectivity index (χ1n) is 8.39. The highest BCUT2D eigenvalue weighted by molar-refractivity contribution is 7.10. The summed E-state index contributed by atoms with van der Waals surface area (Å²) in [6, 6.07) is 11.2. The number of aliphatic hydroxyl groups is 1. The van der Waals surface area contributed by atoms with Crippen molar-refractivity contribution >= 4 is 28.0 Å². The molecular weight excluding hydrogens is 336 g/mol. The van der Waals surface area contributed by atoms with Gasteiger partial charge in [0.2, 0.25) is 0 Å². The van der Waals surface area contributed by atoms with E-state index in [-0.39, 0.29) is 11.8 Å². The molecule has 1 aromatic carbocycles. The minimum atomic E-state index is -1.11. The summed E-state index contributed by atoms with van der Waals surface area (Å²) in [5, 5.41) is 13.8. The van der Waals surface area contributed by atoms with Crippen molar-refractivity contribution in [1.82, 2.24) is 9.88 Å². The average Bonchev–Trinajstić information content (AvgIpc) is 3.32. The zero-order chi connectivity index (χ0) is 17.2. The van der Waals surface area contributed by atoms with Crippen molar-refractivity contribution in [3.63, 3.8) is 0 Å². The number of carbonyl (C=O) groups is 1. The molecule has 1 saturated heterocycles. The van der Waals surface area contributed by atoms with Crippen LogP contribution in [0.2, 0.25) is 0 Å². The molecular formula is C19H20N2O3S. The van der Waals surface area contributed by atoms with Gasteiger partial charge in [0.05, 0.1) is 19.3 Å². The van der Waals surface area contributed by atoms with Crippen molar-refractivity contribution in [1.29, 1.82) is 0 Å². The highest BCUT2D eigenvalue weighted by atomic mass is 32.1. The number of Topliss-reactive ketones (excluding diaryl/α,β-unsaturated/α-hetero) is 1. The van der Waals surface area contributed by atoms with Crippen LogP contribution in [-0.2, 0) is 4.74 Å². The molecule has 25 heavy (non-hydrogen) atoms. The van der Waals surface area contributed by atoms with Crippen LogP contribution < -0.4 is 0 Å². The van der Waals surface area contributed by atoms with Crippen molar-refractivity contribution in [3.05, 3.63) is 58.4 Å². The van der Waals surface area contributed by atoms with Gasteiger partial charge < -0.3 is 14.8 Å². The predicted molar refractivity (Wildman–Crippen MR) is 98.1 cm³/mol. The van der Waals surface area contributed by atoms with Crippen LogP contribution in [0.5, 0.6) is 0 Å². The third-order valence-corrected chi connectivity index (χ3v) is 5.64. The standard InChI is InChI=1S/C19H20N2O3S/c22-18(14-12-20-15-5-2-1-4-13(14)15)19(23)17(16-6-3-11-25-16)21-7-9-24-10-8-21/h1-6,11-12,17,19-20,23H,7-10H2/t17-,19-/m0/s1. The minimum Gasteiger partial charge on any atom is -0.383 e. The molecule has 0 unspecified atom stereocenters. The lowest BCUT2D eigenvalue weighted by Gasteiger charge is -2.36. The molecule has 0 saturated carbocycles. The second kappa shape index (κ2) is 7.09. The molecule has 1 aliphatic rings. The van der Waals surface area contributed by atoms with Crippen LogP contribution in [0.1, 0.15) is 21.3 Å². The molecule has 6 heteroatoms. The van der Waals surface area contributed by atoms with Gasteiger partial charge in [-0.2, -0.15) is 0 Å². The van der Waals surface area contributed by atoms with Gasteiger partial charge in [0, 0.05) is 40.6 Å². The Kier molecular flexibility index (Phi) is 4.67. The number of H-pyrrole nitrogens is 1. The third-order valence-electron chi connectivity index (χ3n) is 4.70. The first-order chi connectivity index (χ1) is 12.3. The Morgan fingerprint density at radius 2 is 2.00 bits per heavy atom. The summed E-state index contributed by atoms with van der Waals surface area (Å²) in [5.41, 5.74) is 1.44. The number of thiophene rings is 1. The summed E-state index contributed by atoms with van der Waals surface area (Å²) in [7, 11) is 0. The minimum absolute atomic E-state index is 0.248. The number of benzene rings is 1. The van der Waals surface area contributed by atoms with Crippen molar-refractivity contribution in [2.24, 2.45) is 0 Å². The molecule has 130 valence electrons. The molecule has 0 amide bonds. The molecule has 5 nitrogen and oxygen atoms in total. The fraction of sp³-hybridized carbons (Fsp3) is 0.316. The van der Waals surface area contributed by atoms with Crippen LogP contribution >= 0.6 is 11.3 Å². The number of nitrogens with one attached hydrogen (secondary N) is 1. The second-order valence-electron chi connectivity index (χ2n) is 6.17. The number of carbonyl (C=O) groups excluding carboxylic acids is 1. The molecule has 2 atom stereocenters. The Labute approximate surface area is 149 Å². The van der Waals surface area contributed by atoms with Gasteiger partial charge in [-0.25, -0.2) is 0 Å². The number of hydrogen-bond donors (Lipinski definition) is 2. The number of ketones is 1. The summed E-state index contributed by atoms with van der Waals surface area (Å²) in [5.74, 6) is -0.248. The van der Waals surface area contributed by atoms with E-state index in [0.29, 0.717) is 31.9 Å². The SMILES string of the molecule is O=C(c1c[nH]c2ccccc12)[C@@H](O)[C@H](c1cccs1)N1CCOCC1. The fourth-order valence-electron chi connectivity index (χ4n) is 3.43. The molecule has 2 aromatic heterocycles. The Balaban J connectivity index is 1.67. The molecule has 0 spiro atoms. The zero-order valence-corrected chi connectivity index (χ0v) is 14.5. The Morgan fingerprint density at radius 1 is 1.20 bits per heavy atom. The van der Waals surface area contributed by atoms with E-state index >= 15 is 0 Å². The molecule has 0 bridgehead atoms. The lowest BCUT2D eigenvalue weighted by Crippen LogP contribution is -2.45. The van der Waals surface area contributed by atoms with Gasteiger partial charge in [-0.05, 0) is 17.5 Å². The van der Waals surface area contributed by atoms with Crippen molar-refractivity contribution in [2.75, 3.05) is 26.3 Å². The van der Waals surface area contributed by atoms with E-state index < -0.39 is 6.10 Å². The molecule has 2 N–H and O–H groups in total. The van der Waals surface area contributed by atoms with Crippen LogP contribution in [0.25, 0.3) is 10.9 Å². The van der Waals surface area contributed by atoms with Gasteiger partial charge >= 0.3 is 0 Å². The fourth-order valence-corrected chi connectivity index (χ4v) is 4.32. The molecule has 0 radical (unpaired) electrons. The van der Waals surface area contributed by atoms with Crippen LogP contribution in [-0.4, -0.2) is 53.2 Å². The number of aromatic amines is 1. The molecule has 3 heterocycles. The average molecular weight is 356 g/mol. The third kappa shape index (κ3) is 3.14. The van der Waals surface area contributed by atoms with Gasteiger partial charge in [0.1, 0.15) is 6.10 Å². The number of rotatable bonds is 5. The Morgan fingerprint density at radius 3 is 2.76 bits per heavy atom. The predicted octanol–water partition coefficient (Wildman–Crippen LogP) is 2.85. The van der Waals surface area contributed by atoms with E-state index in [9.17, 15) is 9.90 Å². The largest absolute Gasteiger partial charge is 0.383 e. The maximum Gasteiger partial charge on any atom is 0.195 e. The van der Waals surface area contributed by atoms with E-state index in [4.69, 9.17) is 4.74 Å². The highest BCUT2D eigenvalue weighted by Crippen LogP contribution is 2.31. The Hall–Kier alpha value is -1.99. The maximum atomic E-state index is 13.1. The lowest BCUT2D eigenvalue weighted by molar-refractivity contribution is -0.0162. The maximum absolute atomic E-state index is 13.1. The number of aliphatic hydroxyl groups excluding tert-OH is 1. The smallest absolute Gasteiger partial charge is 0.195 e. The number of para-hydroxylation sites is 1. The molecule has 1 aliphatic heterocycles. The first kappa shape index (κ1) is 16.5. The van der Waals surface area contributed by atoms with Gasteiger partial charge in [0.25, 0.3) is 0 Å². The van der Waals surface area contributed by atoms with Gasteiger partial charge in [-0.3, -0.25) is 9.69 Å². The number of nitrogens with zero attached hydrogens (tertiary/aromatic N) is 1. The van der Waals surface area contributed by atoms with Gasteiger partial charge in [-0.1, -0.05) is 24.3 Å². The monoisotopic (exact) mass is 356 g/mol. The summed E-state index contributed by atoms with van der Waals surface area (Å²) in [6.07, 6.45) is 0.581. The molecule has 3 aromatic rings. The van der Waals surface area contributed by atoms with Gasteiger partial charge in [0.15, 0.2) is 5.78 Å². The molecule has 1 fully saturated rings. The van der Waals surface area contributed by atoms with E-state index in [1.807, 2.05) is 41.8 Å². The number of hydrogen-bond acceptors (Lipinski definition) is 5. The van der Waals surface area contributed by atoms with Crippen LogP contribution in [0.3, 0.4) is 0 Å². The Bertz CT molecular complexity index is 853. The van der Waals surface area contributed by atoms with E-state index in [0.717, 1.165) is 15.8 Å². The van der Waals surface area contributed by atoms with Crippen LogP contribution in [0, 0.1) is 0 Å². The summed E-state index contributed by atoms with van der Waals surface area (Å²) in [6.45, 7) is 2.66. The second-order valence-corrected chi connectivity index (χ2v) is 7.14. The topological polar surface area (TPSA) is 65.6 Å². The van der Waals surface area contributed by atoms with E-state index in [1.54, 1.807) is 17.5 Å².